The average molecular weight is 423 g/mol. The standard InChI is InChI=1S/C24H39N2S.ClH/c1-3-5-6-7-8-9-10-11-12-16-21-27-22-26-20-19-25(4-2)24(26)23-17-14-13-15-18-23;/h13-15,17-20H,3-12,16,21-22H2,1-2H3;1H/q+1;/p-1. The van der Waals surface area contributed by atoms with Gasteiger partial charge in [-0.25, -0.2) is 9.13 Å². The van der Waals surface area contributed by atoms with Gasteiger partial charge >= 0.3 is 0 Å². The van der Waals surface area contributed by atoms with Crippen LogP contribution in [-0.4, -0.2) is 10.3 Å². The fourth-order valence-electron chi connectivity index (χ4n) is 3.60. The highest BCUT2D eigenvalue weighted by Gasteiger charge is 2.17. The Labute approximate surface area is 183 Å². The first-order chi connectivity index (χ1) is 13.4. The number of aryl methyl sites for hydroxylation is 1. The van der Waals surface area contributed by atoms with E-state index >= 15 is 0 Å². The maximum atomic E-state index is 2.40. The maximum Gasteiger partial charge on any atom is 0.289 e. The number of thioether (sulfide) groups is 1. The topological polar surface area (TPSA) is 8.81 Å². The molecule has 2 rings (SSSR count). The van der Waals surface area contributed by atoms with Gasteiger partial charge in [-0.2, -0.15) is 0 Å². The lowest BCUT2D eigenvalue weighted by atomic mass is 10.1. The molecule has 0 saturated carbocycles. The van der Waals surface area contributed by atoms with Gasteiger partial charge in [0.05, 0.1) is 12.1 Å². The molecule has 0 amide bonds. The lowest BCUT2D eigenvalue weighted by Crippen LogP contribution is -3.00. The lowest BCUT2D eigenvalue weighted by Gasteiger charge is -2.05. The molecule has 0 aliphatic carbocycles. The molecule has 28 heavy (non-hydrogen) atoms. The predicted molar refractivity (Wildman–Crippen MR) is 120 cm³/mol. The monoisotopic (exact) mass is 422 g/mol. The second-order valence-electron chi connectivity index (χ2n) is 7.46. The molecular weight excluding hydrogens is 384 g/mol. The summed E-state index contributed by atoms with van der Waals surface area (Å²) in [6.07, 6.45) is 18.6. The van der Waals surface area contributed by atoms with Gasteiger partial charge in [-0.05, 0) is 31.2 Å². The third-order valence-corrected chi connectivity index (χ3v) is 6.25. The summed E-state index contributed by atoms with van der Waals surface area (Å²) in [5, 5.41) is 0. The van der Waals surface area contributed by atoms with Crippen molar-refractivity contribution in [3.63, 3.8) is 0 Å². The van der Waals surface area contributed by atoms with E-state index in [9.17, 15) is 0 Å². The van der Waals surface area contributed by atoms with Crippen molar-refractivity contribution in [1.29, 1.82) is 0 Å². The number of hydrogen-bond donors (Lipinski definition) is 0. The summed E-state index contributed by atoms with van der Waals surface area (Å²) >= 11 is 2.07. The van der Waals surface area contributed by atoms with Gasteiger partial charge in [0.25, 0.3) is 5.82 Å². The SMILES string of the molecule is CCCCCCCCCCCCSC[n+]1ccn(CC)c1-c1ccccc1.[Cl-]. The second-order valence-corrected chi connectivity index (χ2v) is 8.54. The number of rotatable bonds is 15. The molecule has 158 valence electrons. The minimum absolute atomic E-state index is 0. The molecule has 0 unspecified atom stereocenters. The largest absolute Gasteiger partial charge is 1.00 e. The van der Waals surface area contributed by atoms with Crippen LogP contribution in [0.2, 0.25) is 0 Å². The number of halogens is 1. The van der Waals surface area contributed by atoms with E-state index in [1.54, 1.807) is 0 Å². The highest BCUT2D eigenvalue weighted by atomic mass is 35.5. The van der Waals surface area contributed by atoms with Crippen molar-refractivity contribution in [1.82, 2.24) is 4.57 Å². The normalized spacial score (nSPS) is 10.8. The molecule has 0 aliphatic heterocycles. The molecule has 0 aliphatic rings. The summed E-state index contributed by atoms with van der Waals surface area (Å²) in [5.74, 6) is 3.65. The van der Waals surface area contributed by atoms with Gasteiger partial charge in [-0.3, -0.25) is 0 Å². The van der Waals surface area contributed by atoms with Gasteiger partial charge in [0.15, 0.2) is 0 Å². The summed E-state index contributed by atoms with van der Waals surface area (Å²) in [6.45, 7) is 5.52. The number of hydrogen-bond acceptors (Lipinski definition) is 1. The van der Waals surface area contributed by atoms with E-state index in [0.29, 0.717) is 0 Å². The van der Waals surface area contributed by atoms with E-state index in [2.05, 4.69) is 77.5 Å². The van der Waals surface area contributed by atoms with Gasteiger partial charge in [0.1, 0.15) is 18.3 Å². The number of unbranched alkanes of at least 4 members (excludes halogenated alkanes) is 9. The summed E-state index contributed by atoms with van der Waals surface area (Å²) in [6, 6.07) is 10.8. The molecule has 0 atom stereocenters. The van der Waals surface area contributed by atoms with Crippen molar-refractivity contribution in [2.45, 2.75) is 90.5 Å². The van der Waals surface area contributed by atoms with Gasteiger partial charge in [0, 0.05) is 0 Å². The van der Waals surface area contributed by atoms with Crippen molar-refractivity contribution >= 4 is 11.8 Å². The van der Waals surface area contributed by atoms with Crippen LogP contribution >= 0.6 is 11.8 Å². The summed E-state index contributed by atoms with van der Waals surface area (Å²) in [5.41, 5.74) is 1.31. The first kappa shape index (κ1) is 25.1. The van der Waals surface area contributed by atoms with Crippen molar-refractivity contribution in [2.75, 3.05) is 5.75 Å². The Morgan fingerprint density at radius 2 is 1.43 bits per heavy atom. The molecule has 0 spiro atoms. The van der Waals surface area contributed by atoms with Crippen LogP contribution in [0.1, 0.15) is 78.1 Å². The second kappa shape index (κ2) is 15.9. The van der Waals surface area contributed by atoms with Crippen molar-refractivity contribution < 1.29 is 17.0 Å². The quantitative estimate of drug-likeness (QED) is 0.310. The first-order valence-electron chi connectivity index (χ1n) is 11.1. The Balaban J connectivity index is 0.00000392. The predicted octanol–water partition coefficient (Wildman–Crippen LogP) is 4.08. The van der Waals surface area contributed by atoms with E-state index in [1.165, 1.54) is 81.3 Å². The Morgan fingerprint density at radius 3 is 2.04 bits per heavy atom. The number of aromatic nitrogens is 2. The zero-order chi connectivity index (χ0) is 19.2. The lowest BCUT2D eigenvalue weighted by molar-refractivity contribution is -0.664. The van der Waals surface area contributed by atoms with Crippen LogP contribution in [0.4, 0.5) is 0 Å². The Morgan fingerprint density at radius 1 is 0.821 bits per heavy atom. The molecule has 4 heteroatoms. The maximum absolute atomic E-state index is 2.40. The number of benzene rings is 1. The molecule has 1 aromatic carbocycles. The first-order valence-corrected chi connectivity index (χ1v) is 12.2. The van der Waals surface area contributed by atoms with Crippen LogP contribution in [0.25, 0.3) is 11.4 Å². The zero-order valence-electron chi connectivity index (χ0n) is 17.9. The molecular formula is C24H39ClN2S. The van der Waals surface area contributed by atoms with Crippen LogP contribution in [0, 0.1) is 0 Å². The molecule has 0 N–H and O–H groups in total. The fraction of sp³-hybridized carbons (Fsp3) is 0.625. The highest BCUT2D eigenvalue weighted by molar-refractivity contribution is 7.98. The number of imidazole rings is 1. The van der Waals surface area contributed by atoms with E-state index in [0.717, 1.165) is 12.4 Å². The average Bonchev–Trinajstić information content (AvgIpc) is 3.12. The Bertz CT molecular complexity index is 612. The van der Waals surface area contributed by atoms with E-state index in [1.807, 2.05) is 0 Å². The Hall–Kier alpha value is -0.930. The molecule has 1 aromatic heterocycles. The Kier molecular flexibility index (Phi) is 14.3. The third kappa shape index (κ3) is 9.05. The molecule has 0 radical (unpaired) electrons. The minimum Gasteiger partial charge on any atom is -1.00 e. The summed E-state index contributed by atoms with van der Waals surface area (Å²) < 4.78 is 4.75. The van der Waals surface area contributed by atoms with Crippen LogP contribution in [0.3, 0.4) is 0 Å². The van der Waals surface area contributed by atoms with Crippen molar-refractivity contribution in [3.05, 3.63) is 42.7 Å². The van der Waals surface area contributed by atoms with Crippen molar-refractivity contribution in [3.8, 4) is 11.4 Å². The van der Waals surface area contributed by atoms with E-state index < -0.39 is 0 Å². The van der Waals surface area contributed by atoms with Crippen LogP contribution < -0.4 is 17.0 Å². The van der Waals surface area contributed by atoms with E-state index in [-0.39, 0.29) is 12.4 Å². The fourth-order valence-corrected chi connectivity index (χ4v) is 4.54. The molecule has 0 saturated heterocycles. The third-order valence-electron chi connectivity index (χ3n) is 5.22. The molecule has 0 fully saturated rings. The van der Waals surface area contributed by atoms with E-state index in [4.69, 9.17) is 0 Å². The summed E-state index contributed by atoms with van der Waals surface area (Å²) in [7, 11) is 0. The zero-order valence-corrected chi connectivity index (χ0v) is 19.5. The van der Waals surface area contributed by atoms with Gasteiger partial charge in [0.2, 0.25) is 0 Å². The van der Waals surface area contributed by atoms with Crippen LogP contribution in [0.5, 0.6) is 0 Å². The molecule has 2 nitrogen and oxygen atoms in total. The summed E-state index contributed by atoms with van der Waals surface area (Å²) in [4.78, 5) is 0. The van der Waals surface area contributed by atoms with Gasteiger partial charge < -0.3 is 12.4 Å². The van der Waals surface area contributed by atoms with Crippen LogP contribution in [-0.2, 0) is 12.4 Å². The number of nitrogens with zero attached hydrogens (tertiary/aromatic N) is 2. The van der Waals surface area contributed by atoms with Gasteiger partial charge in [-0.1, -0.05) is 82.9 Å². The van der Waals surface area contributed by atoms with Crippen LogP contribution in [0.15, 0.2) is 42.7 Å². The molecule has 0 bridgehead atoms. The van der Waals surface area contributed by atoms with Crippen molar-refractivity contribution in [2.24, 2.45) is 0 Å². The highest BCUT2D eigenvalue weighted by Crippen LogP contribution is 2.17. The minimum atomic E-state index is 0. The molecule has 2 aromatic rings. The molecule has 1 heterocycles. The van der Waals surface area contributed by atoms with Gasteiger partial charge in [-0.15, -0.1) is 11.8 Å². The smallest absolute Gasteiger partial charge is 0.289 e.